The summed E-state index contributed by atoms with van der Waals surface area (Å²) in [5, 5.41) is 2.49. The average molecular weight is 818 g/mol. The molecule has 2 saturated carbocycles. The molecule has 3 fully saturated rings. The summed E-state index contributed by atoms with van der Waals surface area (Å²) in [6, 6.07) is 14.1. The first-order chi connectivity index (χ1) is 21.4. The Morgan fingerprint density at radius 2 is 1.38 bits per heavy atom. The third-order valence-corrected chi connectivity index (χ3v) is 12.9. The molecule has 1 heterocycles. The van der Waals surface area contributed by atoms with Crippen LogP contribution >= 0.6 is 78.3 Å². The van der Waals surface area contributed by atoms with Gasteiger partial charge in [-0.1, -0.05) is 78.3 Å². The Hall–Kier alpha value is -2.47. The Bertz CT molecular complexity index is 1740. The molecule has 0 unspecified atom stereocenters. The first-order valence-corrected chi connectivity index (χ1v) is 16.9. The van der Waals surface area contributed by atoms with E-state index in [-0.39, 0.29) is 59.0 Å². The number of fused-ring (bicyclic) bond motifs is 5. The zero-order valence-corrected chi connectivity index (χ0v) is 29.0. The first kappa shape index (κ1) is 32.5. The zero-order valence-electron chi connectivity index (χ0n) is 22.8. The molecule has 45 heavy (non-hydrogen) atoms. The highest BCUT2D eigenvalue weighted by Gasteiger charge is 2.67. The fourth-order valence-electron chi connectivity index (χ4n) is 6.34. The zero-order chi connectivity index (χ0) is 32.3. The van der Waals surface area contributed by atoms with Crippen molar-refractivity contribution in [3.8, 4) is 5.75 Å². The number of carbonyl (C=O) groups excluding carboxylic acids is 5. The van der Waals surface area contributed by atoms with E-state index in [1.807, 2.05) is 0 Å². The number of hydrogen-bond donors (Lipinski definition) is 0. The molecule has 0 N–H and O–H groups in total. The van der Waals surface area contributed by atoms with Crippen molar-refractivity contribution in [1.29, 1.82) is 0 Å². The van der Waals surface area contributed by atoms with Gasteiger partial charge in [0, 0.05) is 25.8 Å². The maximum Gasteiger partial charge on any atom is 0.345 e. The molecule has 0 spiro atoms. The number of carbonyl (C=O) groups is 5. The number of rotatable bonds is 7. The average Bonchev–Trinajstić information content (AvgIpc) is 3.62. The SMILES string of the molecule is O=C(CN(C(=O)c1ccc(Cl)c(Cl)c1)N1C(=O)[C@@H]2[C@H]3C[C@@H]([C@H](Br)[C@H]3Br)[C@@H]2C1=O)c1ccc(OC(=O)c2ccc(Cl)cc2Cl)cc1. The topological polar surface area (TPSA) is 101 Å². The van der Waals surface area contributed by atoms with Crippen LogP contribution in [-0.4, -0.2) is 55.7 Å². The van der Waals surface area contributed by atoms with Gasteiger partial charge >= 0.3 is 5.97 Å². The molecule has 14 heteroatoms. The van der Waals surface area contributed by atoms with Crippen LogP contribution in [0.5, 0.6) is 5.75 Å². The van der Waals surface area contributed by atoms with Gasteiger partial charge in [0.15, 0.2) is 5.78 Å². The number of imide groups is 1. The Kier molecular flexibility index (Phi) is 9.10. The quantitative estimate of drug-likeness (QED) is 0.0804. The minimum Gasteiger partial charge on any atom is -0.423 e. The molecular weight excluding hydrogens is 798 g/mol. The van der Waals surface area contributed by atoms with Crippen LogP contribution in [-0.2, 0) is 9.59 Å². The van der Waals surface area contributed by atoms with Crippen molar-refractivity contribution in [2.45, 2.75) is 16.1 Å². The summed E-state index contributed by atoms with van der Waals surface area (Å²) >= 11 is 31.5. The van der Waals surface area contributed by atoms with Crippen LogP contribution < -0.4 is 4.74 Å². The number of Topliss-reactive ketones (excluding diaryl/α,β-unsaturated/α-hetero) is 1. The van der Waals surface area contributed by atoms with Crippen molar-refractivity contribution in [2.24, 2.45) is 23.7 Å². The molecule has 6 rings (SSSR count). The number of esters is 1. The number of amides is 3. The molecular formula is C31H20Br2Cl4N2O6. The summed E-state index contributed by atoms with van der Waals surface area (Å²) in [4.78, 5) is 67.6. The molecule has 6 atom stereocenters. The second kappa shape index (κ2) is 12.6. The van der Waals surface area contributed by atoms with Crippen LogP contribution in [0.25, 0.3) is 0 Å². The van der Waals surface area contributed by atoms with E-state index in [0.29, 0.717) is 11.4 Å². The van der Waals surface area contributed by atoms with Crippen molar-refractivity contribution >= 4 is 108 Å². The molecule has 3 amide bonds. The van der Waals surface area contributed by atoms with E-state index < -0.39 is 47.9 Å². The van der Waals surface area contributed by atoms with Crippen LogP contribution in [0.1, 0.15) is 37.5 Å². The molecule has 2 aliphatic carbocycles. The van der Waals surface area contributed by atoms with Gasteiger partial charge in [-0.3, -0.25) is 19.2 Å². The van der Waals surface area contributed by atoms with Gasteiger partial charge in [0.2, 0.25) is 0 Å². The van der Waals surface area contributed by atoms with E-state index in [9.17, 15) is 24.0 Å². The van der Waals surface area contributed by atoms with E-state index in [1.165, 1.54) is 60.7 Å². The van der Waals surface area contributed by atoms with Gasteiger partial charge in [-0.05, 0) is 78.9 Å². The van der Waals surface area contributed by atoms with E-state index in [2.05, 4.69) is 31.9 Å². The van der Waals surface area contributed by atoms with Crippen LogP contribution in [0.2, 0.25) is 20.1 Å². The molecule has 1 saturated heterocycles. The summed E-state index contributed by atoms with van der Waals surface area (Å²) in [6.07, 6.45) is 0.702. The minimum absolute atomic E-state index is 0.00959. The number of benzene rings is 3. The summed E-state index contributed by atoms with van der Waals surface area (Å²) in [6.45, 7) is -0.625. The molecule has 1 aliphatic heterocycles. The predicted molar refractivity (Wildman–Crippen MR) is 176 cm³/mol. The lowest BCUT2D eigenvalue weighted by molar-refractivity contribution is -0.154. The van der Waals surface area contributed by atoms with Gasteiger partial charge in [0.05, 0.1) is 32.5 Å². The standard InChI is InChI=1S/C31H20Br2Cl4N2O6/c32-26-18-11-19(27(26)33)25-24(18)29(42)39(30(25)43)38(28(41)14-3-8-20(35)22(37)9-14)12-23(40)13-1-5-16(6-2-13)45-31(44)17-7-4-15(34)10-21(17)36/h1-10,18-19,24-27H,11-12H2/t18-,19-,24-,25+,26+,27+/m1/s1. The molecule has 2 bridgehead atoms. The number of halogens is 6. The highest BCUT2D eigenvalue weighted by molar-refractivity contribution is 9.12. The Labute approximate surface area is 294 Å². The second-order valence-electron chi connectivity index (χ2n) is 10.9. The van der Waals surface area contributed by atoms with Crippen molar-refractivity contribution in [3.05, 3.63) is 97.4 Å². The highest BCUT2D eigenvalue weighted by Crippen LogP contribution is 2.60. The monoisotopic (exact) mass is 814 g/mol. The van der Waals surface area contributed by atoms with Crippen LogP contribution in [0.15, 0.2) is 60.7 Å². The minimum atomic E-state index is -0.771. The number of alkyl halides is 2. The molecule has 3 aromatic rings. The van der Waals surface area contributed by atoms with Gasteiger partial charge < -0.3 is 4.74 Å². The van der Waals surface area contributed by atoms with E-state index >= 15 is 0 Å². The van der Waals surface area contributed by atoms with E-state index in [4.69, 9.17) is 51.1 Å². The number of ether oxygens (including phenoxy) is 1. The predicted octanol–water partition coefficient (Wildman–Crippen LogP) is 7.54. The maximum absolute atomic E-state index is 13.9. The van der Waals surface area contributed by atoms with Crippen LogP contribution in [0, 0.1) is 23.7 Å². The van der Waals surface area contributed by atoms with E-state index in [1.54, 1.807) is 0 Å². The second-order valence-corrected chi connectivity index (χ2v) is 14.7. The van der Waals surface area contributed by atoms with Gasteiger partial charge in [0.1, 0.15) is 12.3 Å². The molecule has 0 aromatic heterocycles. The van der Waals surface area contributed by atoms with Crippen molar-refractivity contribution in [2.75, 3.05) is 6.54 Å². The number of ketones is 1. The van der Waals surface area contributed by atoms with Crippen LogP contribution in [0.3, 0.4) is 0 Å². The van der Waals surface area contributed by atoms with Gasteiger partial charge in [-0.2, -0.15) is 5.01 Å². The fourth-order valence-corrected chi connectivity index (χ4v) is 8.99. The summed E-state index contributed by atoms with van der Waals surface area (Å²) in [5.41, 5.74) is 0.289. The third kappa shape index (κ3) is 5.83. The highest BCUT2D eigenvalue weighted by atomic mass is 79.9. The lowest BCUT2D eigenvalue weighted by Crippen LogP contribution is -2.52. The number of hydrazine groups is 1. The van der Waals surface area contributed by atoms with Crippen molar-refractivity contribution < 1.29 is 28.7 Å². The molecule has 8 nitrogen and oxygen atoms in total. The molecule has 0 radical (unpaired) electrons. The van der Waals surface area contributed by atoms with Gasteiger partial charge in [-0.15, -0.1) is 0 Å². The lowest BCUT2D eigenvalue weighted by atomic mass is 9.81. The third-order valence-electron chi connectivity index (χ3n) is 8.44. The summed E-state index contributed by atoms with van der Waals surface area (Å²) in [7, 11) is 0. The lowest BCUT2D eigenvalue weighted by Gasteiger charge is -2.31. The van der Waals surface area contributed by atoms with E-state index in [0.717, 1.165) is 10.0 Å². The van der Waals surface area contributed by atoms with Crippen molar-refractivity contribution in [3.63, 3.8) is 0 Å². The van der Waals surface area contributed by atoms with Crippen LogP contribution in [0.4, 0.5) is 0 Å². The number of hydrogen-bond acceptors (Lipinski definition) is 6. The summed E-state index contributed by atoms with van der Waals surface area (Å²) in [5.74, 6) is -4.39. The Morgan fingerprint density at radius 3 is 1.96 bits per heavy atom. The van der Waals surface area contributed by atoms with Gasteiger partial charge in [0.25, 0.3) is 17.7 Å². The Balaban J connectivity index is 1.26. The molecule has 3 aromatic carbocycles. The smallest absolute Gasteiger partial charge is 0.345 e. The maximum atomic E-state index is 13.9. The summed E-state index contributed by atoms with van der Waals surface area (Å²) < 4.78 is 5.38. The van der Waals surface area contributed by atoms with Gasteiger partial charge in [-0.25, -0.2) is 9.80 Å². The fraction of sp³-hybridized carbons (Fsp3) is 0.258. The molecule has 232 valence electrons. The largest absolute Gasteiger partial charge is 0.423 e. The normalized spacial score (nSPS) is 25.0. The Morgan fingerprint density at radius 1 is 0.778 bits per heavy atom. The molecule has 3 aliphatic rings. The number of nitrogens with zero attached hydrogens (tertiary/aromatic N) is 2. The first-order valence-electron chi connectivity index (χ1n) is 13.6. The van der Waals surface area contributed by atoms with Crippen molar-refractivity contribution in [1.82, 2.24) is 10.0 Å².